The predicted octanol–water partition coefficient (Wildman–Crippen LogP) is 3.01. The molecule has 0 aromatic carbocycles. The number of carbonyl (C=O) groups excluding carboxylic acids is 1. The molecule has 0 spiro atoms. The van der Waals surface area contributed by atoms with Gasteiger partial charge in [-0.3, -0.25) is 0 Å². The minimum Gasteiger partial charge on any atom is -0.459 e. The number of hydrogen-bond donors (Lipinski definition) is 0. The summed E-state index contributed by atoms with van der Waals surface area (Å²) in [4.78, 5) is 15.6. The second-order valence-electron chi connectivity index (χ2n) is 2.95. The van der Waals surface area contributed by atoms with E-state index in [9.17, 15) is 4.79 Å². The lowest BCUT2D eigenvalue weighted by molar-refractivity contribution is 0.0376. The number of nitrogens with zero attached hydrogens (tertiary/aromatic N) is 1. The van der Waals surface area contributed by atoms with Gasteiger partial charge in [0.15, 0.2) is 0 Å². The lowest BCUT2D eigenvalue weighted by Crippen LogP contribution is -2.13. The Bertz CT molecular complexity index is 355. The molecule has 0 N–H and O–H groups in total. The molecule has 0 bridgehead atoms. The van der Waals surface area contributed by atoms with Gasteiger partial charge in [0.25, 0.3) is 0 Å². The van der Waals surface area contributed by atoms with Crippen LogP contribution < -0.4 is 0 Å². The first-order valence-electron chi connectivity index (χ1n) is 4.02. The van der Waals surface area contributed by atoms with Gasteiger partial charge in [0, 0.05) is 10.7 Å². The molecule has 76 valence electrons. The van der Waals surface area contributed by atoms with E-state index in [-0.39, 0.29) is 12.1 Å². The molecule has 3 nitrogen and oxygen atoms in total. The Morgan fingerprint density at radius 3 is 2.86 bits per heavy atom. The third-order valence-corrected chi connectivity index (χ3v) is 2.66. The number of carbonyl (C=O) groups is 1. The van der Waals surface area contributed by atoms with Gasteiger partial charge < -0.3 is 4.74 Å². The lowest BCUT2D eigenvalue weighted by atomic mass is 10.3. The number of aromatic nitrogens is 1. The zero-order valence-corrected chi connectivity index (χ0v) is 11.5. The molecule has 0 fully saturated rings. The summed E-state index contributed by atoms with van der Waals surface area (Å²) in [5, 5.41) is 0. The average molecular weight is 370 g/mol. The van der Waals surface area contributed by atoms with Crippen LogP contribution in [0.2, 0.25) is 0 Å². The molecule has 0 saturated heterocycles. The fourth-order valence-corrected chi connectivity index (χ4v) is 1.69. The van der Waals surface area contributed by atoms with Crippen LogP contribution in [0.4, 0.5) is 0 Å². The van der Waals surface area contributed by atoms with Gasteiger partial charge >= 0.3 is 5.97 Å². The van der Waals surface area contributed by atoms with Gasteiger partial charge in [-0.25, -0.2) is 9.78 Å². The van der Waals surface area contributed by atoms with E-state index in [2.05, 4.69) is 20.9 Å². The monoisotopic (exact) mass is 369 g/mol. The minimum absolute atomic E-state index is 0.114. The van der Waals surface area contributed by atoms with Crippen molar-refractivity contribution in [1.82, 2.24) is 4.98 Å². The van der Waals surface area contributed by atoms with Gasteiger partial charge in [-0.2, -0.15) is 0 Å². The van der Waals surface area contributed by atoms with Crippen molar-refractivity contribution in [3.63, 3.8) is 0 Å². The largest absolute Gasteiger partial charge is 0.459 e. The van der Waals surface area contributed by atoms with Gasteiger partial charge in [0.1, 0.15) is 3.70 Å². The first kappa shape index (κ1) is 11.9. The number of pyridine rings is 1. The maximum Gasteiger partial charge on any atom is 0.341 e. The van der Waals surface area contributed by atoms with Crippen LogP contribution in [0.5, 0.6) is 0 Å². The van der Waals surface area contributed by atoms with E-state index in [0.29, 0.717) is 9.26 Å². The summed E-state index contributed by atoms with van der Waals surface area (Å²) in [5.74, 6) is -0.335. The molecule has 0 radical (unpaired) electrons. The van der Waals surface area contributed by atoms with Gasteiger partial charge in [0.2, 0.25) is 0 Å². The molecule has 1 aromatic heterocycles. The quantitative estimate of drug-likeness (QED) is 0.457. The van der Waals surface area contributed by atoms with E-state index in [4.69, 9.17) is 4.74 Å². The highest BCUT2D eigenvalue weighted by atomic mass is 127. The van der Waals surface area contributed by atoms with Gasteiger partial charge in [0.05, 0.1) is 11.7 Å². The highest BCUT2D eigenvalue weighted by Gasteiger charge is 2.14. The summed E-state index contributed by atoms with van der Waals surface area (Å²) in [7, 11) is 0. The van der Waals surface area contributed by atoms with E-state index in [1.165, 1.54) is 0 Å². The van der Waals surface area contributed by atoms with Crippen molar-refractivity contribution >= 4 is 44.5 Å². The van der Waals surface area contributed by atoms with E-state index in [0.717, 1.165) is 4.47 Å². The Balaban J connectivity index is 2.94. The van der Waals surface area contributed by atoms with E-state index < -0.39 is 0 Å². The highest BCUT2D eigenvalue weighted by Crippen LogP contribution is 2.17. The Morgan fingerprint density at radius 2 is 2.29 bits per heavy atom. The molecular formula is C9H9BrINO2. The molecule has 5 heteroatoms. The second-order valence-corrected chi connectivity index (χ2v) is 4.88. The standard InChI is InChI=1S/C9H9BrINO2/c1-5(2)14-9(13)7-3-6(10)4-12-8(7)11/h3-5H,1-2H3. The summed E-state index contributed by atoms with van der Waals surface area (Å²) >= 11 is 5.26. The molecule has 1 heterocycles. The normalized spacial score (nSPS) is 10.4. The van der Waals surface area contributed by atoms with Gasteiger partial charge in [-0.05, 0) is 58.4 Å². The summed E-state index contributed by atoms with van der Waals surface area (Å²) in [6.07, 6.45) is 1.53. The predicted molar refractivity (Wildman–Crippen MR) is 65.2 cm³/mol. The Morgan fingerprint density at radius 1 is 1.64 bits per heavy atom. The molecule has 0 atom stereocenters. The number of ether oxygens (including phenoxy) is 1. The summed E-state index contributed by atoms with van der Waals surface area (Å²) in [6.45, 7) is 3.63. The summed E-state index contributed by atoms with van der Waals surface area (Å²) in [5.41, 5.74) is 0.494. The zero-order chi connectivity index (χ0) is 10.7. The SMILES string of the molecule is CC(C)OC(=O)c1cc(Br)cnc1I. The van der Waals surface area contributed by atoms with E-state index >= 15 is 0 Å². The Labute approximate surface area is 105 Å². The molecule has 0 unspecified atom stereocenters. The van der Waals surface area contributed by atoms with Gasteiger partial charge in [-0.15, -0.1) is 0 Å². The van der Waals surface area contributed by atoms with Crippen LogP contribution in [0, 0.1) is 3.70 Å². The average Bonchev–Trinajstić information content (AvgIpc) is 2.08. The van der Waals surface area contributed by atoms with Crippen LogP contribution in [0.25, 0.3) is 0 Å². The lowest BCUT2D eigenvalue weighted by Gasteiger charge is -2.08. The number of rotatable bonds is 2. The van der Waals surface area contributed by atoms with E-state index in [1.54, 1.807) is 12.3 Å². The molecule has 0 aliphatic carbocycles. The van der Waals surface area contributed by atoms with Crippen LogP contribution in [0.1, 0.15) is 24.2 Å². The fraction of sp³-hybridized carbons (Fsp3) is 0.333. The smallest absolute Gasteiger partial charge is 0.341 e. The number of esters is 1. The minimum atomic E-state index is -0.335. The molecule has 0 aliphatic heterocycles. The summed E-state index contributed by atoms with van der Waals surface area (Å²) < 4.78 is 6.49. The van der Waals surface area contributed by atoms with Crippen LogP contribution in [-0.2, 0) is 4.74 Å². The van der Waals surface area contributed by atoms with Crippen LogP contribution in [0.3, 0.4) is 0 Å². The molecular weight excluding hydrogens is 361 g/mol. The highest BCUT2D eigenvalue weighted by molar-refractivity contribution is 14.1. The Kier molecular flexibility index (Phi) is 4.31. The second kappa shape index (κ2) is 5.06. The van der Waals surface area contributed by atoms with Crippen molar-refractivity contribution in [2.45, 2.75) is 20.0 Å². The zero-order valence-electron chi connectivity index (χ0n) is 7.75. The van der Waals surface area contributed by atoms with Crippen molar-refractivity contribution in [1.29, 1.82) is 0 Å². The van der Waals surface area contributed by atoms with Crippen molar-refractivity contribution in [3.05, 3.63) is 26.0 Å². The van der Waals surface area contributed by atoms with Crippen molar-refractivity contribution < 1.29 is 9.53 Å². The summed E-state index contributed by atoms with van der Waals surface area (Å²) in [6, 6.07) is 1.71. The van der Waals surface area contributed by atoms with Crippen LogP contribution >= 0.6 is 38.5 Å². The topological polar surface area (TPSA) is 39.2 Å². The van der Waals surface area contributed by atoms with Crippen molar-refractivity contribution in [3.8, 4) is 0 Å². The number of halogens is 2. The van der Waals surface area contributed by atoms with Crippen molar-refractivity contribution in [2.75, 3.05) is 0 Å². The van der Waals surface area contributed by atoms with Crippen molar-refractivity contribution in [2.24, 2.45) is 0 Å². The molecule has 14 heavy (non-hydrogen) atoms. The maximum absolute atomic E-state index is 11.5. The Hall–Kier alpha value is -0.170. The van der Waals surface area contributed by atoms with E-state index in [1.807, 2.05) is 36.4 Å². The first-order valence-corrected chi connectivity index (χ1v) is 5.90. The van der Waals surface area contributed by atoms with Crippen LogP contribution in [-0.4, -0.2) is 17.1 Å². The molecule has 0 saturated carbocycles. The molecule has 1 aromatic rings. The number of hydrogen-bond acceptors (Lipinski definition) is 3. The fourth-order valence-electron chi connectivity index (χ4n) is 0.843. The van der Waals surface area contributed by atoms with Crippen LogP contribution in [0.15, 0.2) is 16.7 Å². The third-order valence-electron chi connectivity index (χ3n) is 1.37. The molecule has 0 aliphatic rings. The molecule has 1 rings (SSSR count). The first-order chi connectivity index (χ1) is 6.50. The van der Waals surface area contributed by atoms with Gasteiger partial charge in [-0.1, -0.05) is 0 Å². The third kappa shape index (κ3) is 3.20. The molecule has 0 amide bonds. The maximum atomic E-state index is 11.5.